The Kier molecular flexibility index (Phi) is 5.02. The molecular formula is C14H20N2O2. The second-order valence-electron chi connectivity index (χ2n) is 4.39. The second kappa shape index (κ2) is 7.01. The quantitative estimate of drug-likeness (QED) is 0.807. The lowest BCUT2D eigenvalue weighted by atomic mass is 10.2. The Bertz CT molecular complexity index is 361. The van der Waals surface area contributed by atoms with Crippen molar-refractivity contribution in [2.24, 2.45) is 0 Å². The van der Waals surface area contributed by atoms with Crippen LogP contribution in [0.15, 0.2) is 30.3 Å². The van der Waals surface area contributed by atoms with Gasteiger partial charge in [0.1, 0.15) is 0 Å². The fourth-order valence-corrected chi connectivity index (χ4v) is 2.00. The van der Waals surface area contributed by atoms with E-state index in [1.165, 1.54) is 0 Å². The van der Waals surface area contributed by atoms with Crippen LogP contribution >= 0.6 is 0 Å². The molecule has 0 saturated carbocycles. The van der Waals surface area contributed by atoms with E-state index in [1.54, 1.807) is 0 Å². The number of morpholine rings is 1. The summed E-state index contributed by atoms with van der Waals surface area (Å²) >= 11 is 0. The van der Waals surface area contributed by atoms with Gasteiger partial charge in [0.05, 0.1) is 13.2 Å². The maximum atomic E-state index is 11.9. The van der Waals surface area contributed by atoms with E-state index in [1.807, 2.05) is 35.2 Å². The largest absolute Gasteiger partial charge is 0.385 e. The standard InChI is InChI=1S/C14H20N2O2/c17-14(16-9-11-18-12-10-16)7-4-8-15-13-5-2-1-3-6-13/h1-3,5-6,15H,4,7-12H2. The maximum absolute atomic E-state index is 11.9. The van der Waals surface area contributed by atoms with E-state index >= 15 is 0 Å². The number of rotatable bonds is 5. The number of ether oxygens (including phenoxy) is 1. The van der Waals surface area contributed by atoms with Crippen LogP contribution in [0, 0.1) is 0 Å². The van der Waals surface area contributed by atoms with Gasteiger partial charge in [-0.1, -0.05) is 18.2 Å². The Balaban J connectivity index is 1.61. The highest BCUT2D eigenvalue weighted by Gasteiger charge is 2.15. The predicted molar refractivity (Wildman–Crippen MR) is 71.6 cm³/mol. The lowest BCUT2D eigenvalue weighted by Gasteiger charge is -2.26. The molecule has 0 radical (unpaired) electrons. The van der Waals surface area contributed by atoms with E-state index in [4.69, 9.17) is 4.74 Å². The van der Waals surface area contributed by atoms with Gasteiger partial charge in [-0.25, -0.2) is 0 Å². The minimum atomic E-state index is 0.244. The number of hydrogen-bond acceptors (Lipinski definition) is 3. The summed E-state index contributed by atoms with van der Waals surface area (Å²) in [7, 11) is 0. The number of para-hydroxylation sites is 1. The molecule has 1 heterocycles. The molecule has 4 nitrogen and oxygen atoms in total. The Hall–Kier alpha value is -1.55. The molecule has 1 aliphatic rings. The summed E-state index contributed by atoms with van der Waals surface area (Å²) < 4.78 is 5.23. The average molecular weight is 248 g/mol. The summed E-state index contributed by atoms with van der Waals surface area (Å²) in [5.41, 5.74) is 1.11. The van der Waals surface area contributed by atoms with Crippen molar-refractivity contribution >= 4 is 11.6 Å². The van der Waals surface area contributed by atoms with Crippen LogP contribution in [0.2, 0.25) is 0 Å². The van der Waals surface area contributed by atoms with Crippen LogP contribution in [-0.2, 0) is 9.53 Å². The fourth-order valence-electron chi connectivity index (χ4n) is 2.00. The maximum Gasteiger partial charge on any atom is 0.222 e. The zero-order valence-electron chi connectivity index (χ0n) is 10.6. The third-order valence-electron chi connectivity index (χ3n) is 3.03. The molecule has 1 amide bonds. The average Bonchev–Trinajstić information content (AvgIpc) is 2.45. The van der Waals surface area contributed by atoms with E-state index < -0.39 is 0 Å². The smallest absolute Gasteiger partial charge is 0.222 e. The summed E-state index contributed by atoms with van der Waals surface area (Å²) in [4.78, 5) is 13.7. The first-order chi connectivity index (χ1) is 8.86. The molecule has 1 aromatic rings. The summed E-state index contributed by atoms with van der Waals surface area (Å²) in [6.07, 6.45) is 1.48. The van der Waals surface area contributed by atoms with Gasteiger partial charge in [-0.3, -0.25) is 4.79 Å². The molecule has 0 atom stereocenters. The van der Waals surface area contributed by atoms with E-state index in [9.17, 15) is 4.79 Å². The zero-order valence-corrected chi connectivity index (χ0v) is 10.6. The number of nitrogens with zero attached hydrogens (tertiary/aromatic N) is 1. The normalized spacial score (nSPS) is 15.4. The first-order valence-corrected chi connectivity index (χ1v) is 6.51. The summed E-state index contributed by atoms with van der Waals surface area (Å²) in [5.74, 6) is 0.244. The van der Waals surface area contributed by atoms with Crippen LogP contribution in [0.25, 0.3) is 0 Å². The Labute approximate surface area is 108 Å². The van der Waals surface area contributed by atoms with E-state index in [0.29, 0.717) is 19.6 Å². The summed E-state index contributed by atoms with van der Waals surface area (Å²) in [6, 6.07) is 10.1. The third kappa shape index (κ3) is 4.04. The molecule has 1 aromatic carbocycles. The Morgan fingerprint density at radius 3 is 2.67 bits per heavy atom. The Morgan fingerprint density at radius 1 is 1.22 bits per heavy atom. The SMILES string of the molecule is O=C(CCCNc1ccccc1)N1CCOCC1. The van der Waals surface area contributed by atoms with Crippen LogP contribution in [0.5, 0.6) is 0 Å². The fraction of sp³-hybridized carbons (Fsp3) is 0.500. The van der Waals surface area contributed by atoms with Crippen LogP contribution in [0.1, 0.15) is 12.8 Å². The summed E-state index contributed by atoms with van der Waals surface area (Å²) in [5, 5.41) is 3.31. The van der Waals surface area contributed by atoms with Gasteiger partial charge < -0.3 is 15.0 Å². The first kappa shape index (κ1) is 12.9. The zero-order chi connectivity index (χ0) is 12.6. The lowest BCUT2D eigenvalue weighted by molar-refractivity contribution is -0.135. The molecule has 1 N–H and O–H groups in total. The lowest BCUT2D eigenvalue weighted by Crippen LogP contribution is -2.40. The number of benzene rings is 1. The molecular weight excluding hydrogens is 228 g/mol. The van der Waals surface area contributed by atoms with Gasteiger partial charge in [0.25, 0.3) is 0 Å². The third-order valence-corrected chi connectivity index (χ3v) is 3.03. The topological polar surface area (TPSA) is 41.6 Å². The van der Waals surface area contributed by atoms with E-state index in [0.717, 1.165) is 31.7 Å². The number of carbonyl (C=O) groups excluding carboxylic acids is 1. The predicted octanol–water partition coefficient (Wildman–Crippen LogP) is 1.74. The highest BCUT2D eigenvalue weighted by Crippen LogP contribution is 2.06. The number of nitrogens with one attached hydrogen (secondary N) is 1. The minimum Gasteiger partial charge on any atom is -0.385 e. The highest BCUT2D eigenvalue weighted by atomic mass is 16.5. The van der Waals surface area contributed by atoms with Crippen LogP contribution in [0.3, 0.4) is 0 Å². The van der Waals surface area contributed by atoms with Crippen molar-refractivity contribution in [1.82, 2.24) is 4.90 Å². The van der Waals surface area contributed by atoms with Crippen molar-refractivity contribution in [3.8, 4) is 0 Å². The van der Waals surface area contributed by atoms with Gasteiger partial charge in [-0.05, 0) is 18.6 Å². The van der Waals surface area contributed by atoms with Crippen molar-refractivity contribution in [3.63, 3.8) is 0 Å². The first-order valence-electron chi connectivity index (χ1n) is 6.51. The highest BCUT2D eigenvalue weighted by molar-refractivity contribution is 5.76. The van der Waals surface area contributed by atoms with Crippen molar-refractivity contribution in [1.29, 1.82) is 0 Å². The van der Waals surface area contributed by atoms with Crippen molar-refractivity contribution in [3.05, 3.63) is 30.3 Å². The van der Waals surface area contributed by atoms with Gasteiger partial charge in [-0.15, -0.1) is 0 Å². The number of amides is 1. The van der Waals surface area contributed by atoms with Gasteiger partial charge in [0.15, 0.2) is 0 Å². The molecule has 0 bridgehead atoms. The van der Waals surface area contributed by atoms with Crippen LogP contribution in [0.4, 0.5) is 5.69 Å². The molecule has 1 saturated heterocycles. The number of hydrogen-bond donors (Lipinski definition) is 1. The van der Waals surface area contributed by atoms with E-state index in [2.05, 4.69) is 5.32 Å². The Morgan fingerprint density at radius 2 is 1.94 bits per heavy atom. The molecule has 18 heavy (non-hydrogen) atoms. The van der Waals surface area contributed by atoms with Gasteiger partial charge >= 0.3 is 0 Å². The summed E-state index contributed by atoms with van der Waals surface area (Å²) in [6.45, 7) is 3.66. The van der Waals surface area contributed by atoms with Gasteiger partial charge in [-0.2, -0.15) is 0 Å². The van der Waals surface area contributed by atoms with Crippen molar-refractivity contribution in [2.75, 3.05) is 38.2 Å². The minimum absolute atomic E-state index is 0.244. The molecule has 2 rings (SSSR count). The number of anilines is 1. The molecule has 98 valence electrons. The van der Waals surface area contributed by atoms with E-state index in [-0.39, 0.29) is 5.91 Å². The van der Waals surface area contributed by atoms with Crippen LogP contribution < -0.4 is 5.32 Å². The van der Waals surface area contributed by atoms with Crippen molar-refractivity contribution < 1.29 is 9.53 Å². The molecule has 0 aromatic heterocycles. The monoisotopic (exact) mass is 248 g/mol. The number of carbonyl (C=O) groups is 1. The molecule has 0 aliphatic carbocycles. The molecule has 4 heteroatoms. The molecule has 1 fully saturated rings. The molecule has 1 aliphatic heterocycles. The second-order valence-corrected chi connectivity index (χ2v) is 4.39. The van der Waals surface area contributed by atoms with Crippen molar-refractivity contribution in [2.45, 2.75) is 12.8 Å². The van der Waals surface area contributed by atoms with Gasteiger partial charge in [0.2, 0.25) is 5.91 Å². The van der Waals surface area contributed by atoms with Crippen LogP contribution in [-0.4, -0.2) is 43.7 Å². The van der Waals surface area contributed by atoms with Gasteiger partial charge in [0, 0.05) is 31.7 Å². The molecule has 0 unspecified atom stereocenters. The molecule has 0 spiro atoms.